The van der Waals surface area contributed by atoms with Gasteiger partial charge in [0.15, 0.2) is 0 Å². The summed E-state index contributed by atoms with van der Waals surface area (Å²) in [4.78, 5) is 12.2. The van der Waals surface area contributed by atoms with Crippen LogP contribution < -0.4 is 5.32 Å². The van der Waals surface area contributed by atoms with Crippen LogP contribution in [0.3, 0.4) is 0 Å². The molecule has 0 unspecified atom stereocenters. The number of nitrogens with one attached hydrogen (secondary N) is 1. The molecule has 0 aromatic rings. The van der Waals surface area contributed by atoms with Crippen LogP contribution in [-0.4, -0.2) is 57.2 Å². The van der Waals surface area contributed by atoms with E-state index in [0.717, 1.165) is 25.9 Å². The predicted molar refractivity (Wildman–Crippen MR) is 71.1 cm³/mol. The van der Waals surface area contributed by atoms with Crippen LogP contribution in [0, 0.1) is 5.92 Å². The monoisotopic (exact) mass is 290 g/mol. The molecule has 0 bridgehead atoms. The number of rotatable bonds is 4. The lowest BCUT2D eigenvalue weighted by Crippen LogP contribution is -2.52. The van der Waals surface area contributed by atoms with Gasteiger partial charge in [-0.2, -0.15) is 4.31 Å². The van der Waals surface area contributed by atoms with Crippen LogP contribution in [0.15, 0.2) is 0 Å². The smallest absolute Gasteiger partial charge is 0.238 e. The molecule has 0 aromatic carbocycles. The number of piperidine rings is 1. The highest BCUT2D eigenvalue weighted by Gasteiger charge is 2.34. The molecule has 2 atom stereocenters. The molecule has 0 radical (unpaired) electrons. The van der Waals surface area contributed by atoms with Crippen molar-refractivity contribution >= 4 is 15.9 Å². The fraction of sp³-hybridized carbons (Fsp3) is 0.917. The lowest BCUT2D eigenvalue weighted by Gasteiger charge is -2.32. The number of nitrogens with zero attached hydrogens (tertiary/aromatic N) is 1. The van der Waals surface area contributed by atoms with Crippen molar-refractivity contribution < 1.29 is 17.9 Å². The molecule has 6 nitrogen and oxygen atoms in total. The number of amides is 1. The largest absolute Gasteiger partial charge is 0.381 e. The fourth-order valence-corrected chi connectivity index (χ4v) is 3.80. The minimum absolute atomic E-state index is 0.169. The van der Waals surface area contributed by atoms with Crippen LogP contribution in [0.5, 0.6) is 0 Å². The van der Waals surface area contributed by atoms with Crippen molar-refractivity contribution in [3.63, 3.8) is 0 Å². The van der Waals surface area contributed by atoms with Crippen molar-refractivity contribution in [3.05, 3.63) is 0 Å². The molecule has 19 heavy (non-hydrogen) atoms. The summed E-state index contributed by atoms with van der Waals surface area (Å²) < 4.78 is 30.0. The highest BCUT2D eigenvalue weighted by atomic mass is 32.2. The molecule has 2 heterocycles. The molecule has 110 valence electrons. The molecule has 1 amide bonds. The van der Waals surface area contributed by atoms with Gasteiger partial charge in [0.2, 0.25) is 15.9 Å². The van der Waals surface area contributed by atoms with E-state index < -0.39 is 16.1 Å². The van der Waals surface area contributed by atoms with Gasteiger partial charge in [-0.15, -0.1) is 0 Å². The summed E-state index contributed by atoms with van der Waals surface area (Å²) in [6.07, 6.45) is 4.47. The van der Waals surface area contributed by atoms with Gasteiger partial charge in [-0.1, -0.05) is 6.42 Å². The summed E-state index contributed by atoms with van der Waals surface area (Å²) in [5.74, 6) is 0.191. The minimum Gasteiger partial charge on any atom is -0.381 e. The van der Waals surface area contributed by atoms with Gasteiger partial charge in [0, 0.05) is 25.6 Å². The van der Waals surface area contributed by atoms with Crippen LogP contribution in [0.25, 0.3) is 0 Å². The Balaban J connectivity index is 1.91. The number of carbonyl (C=O) groups is 1. The third-order valence-electron chi connectivity index (χ3n) is 3.77. The molecule has 0 aromatic heterocycles. The highest BCUT2D eigenvalue weighted by Crippen LogP contribution is 2.20. The van der Waals surface area contributed by atoms with Gasteiger partial charge in [0.25, 0.3) is 0 Å². The van der Waals surface area contributed by atoms with Gasteiger partial charge < -0.3 is 10.1 Å². The Morgan fingerprint density at radius 2 is 2.16 bits per heavy atom. The first-order valence-corrected chi connectivity index (χ1v) is 8.65. The first-order chi connectivity index (χ1) is 8.98. The Bertz CT molecular complexity index is 417. The number of hydrogen-bond donors (Lipinski definition) is 1. The normalized spacial score (nSPS) is 29.3. The predicted octanol–water partition coefficient (Wildman–Crippen LogP) is -0.0468. The number of carbonyl (C=O) groups excluding carboxylic acids is 1. The molecular formula is C12H22N2O4S. The van der Waals surface area contributed by atoms with Crippen LogP contribution in [0.4, 0.5) is 0 Å². The van der Waals surface area contributed by atoms with E-state index in [1.165, 1.54) is 10.6 Å². The minimum atomic E-state index is -3.31. The zero-order chi connectivity index (χ0) is 13.9. The lowest BCUT2D eigenvalue weighted by molar-refractivity contribution is -0.125. The molecule has 2 aliphatic heterocycles. The Hall–Kier alpha value is -0.660. The van der Waals surface area contributed by atoms with Gasteiger partial charge in [-0.3, -0.25) is 4.79 Å². The molecule has 2 fully saturated rings. The second-order valence-corrected chi connectivity index (χ2v) is 7.30. The maximum absolute atomic E-state index is 12.2. The molecular weight excluding hydrogens is 268 g/mol. The fourth-order valence-electron chi connectivity index (χ4n) is 2.67. The van der Waals surface area contributed by atoms with E-state index in [2.05, 4.69) is 5.32 Å². The van der Waals surface area contributed by atoms with Crippen molar-refractivity contribution in [2.24, 2.45) is 5.92 Å². The average molecular weight is 290 g/mol. The summed E-state index contributed by atoms with van der Waals surface area (Å²) in [5.41, 5.74) is 0. The molecule has 0 aliphatic carbocycles. The van der Waals surface area contributed by atoms with Crippen molar-refractivity contribution in [1.29, 1.82) is 0 Å². The van der Waals surface area contributed by atoms with Crippen LogP contribution in [0.1, 0.15) is 25.7 Å². The Kier molecular flexibility index (Phi) is 4.81. The van der Waals surface area contributed by atoms with Gasteiger partial charge in [-0.05, 0) is 19.3 Å². The summed E-state index contributed by atoms with van der Waals surface area (Å²) in [6.45, 7) is 2.45. The number of hydrogen-bond acceptors (Lipinski definition) is 4. The second kappa shape index (κ2) is 6.19. The van der Waals surface area contributed by atoms with Crippen LogP contribution in [-0.2, 0) is 19.6 Å². The van der Waals surface area contributed by atoms with E-state index >= 15 is 0 Å². The molecule has 2 rings (SSSR count). The zero-order valence-corrected chi connectivity index (χ0v) is 12.1. The molecule has 2 aliphatic rings. The standard InChI is InChI=1S/C12H22N2O4S/c1-19(16,17)14-6-3-2-4-11(14)12(15)13-8-10-5-7-18-9-10/h10-11H,2-9H2,1H3,(H,13,15)/t10-,11+/m1/s1. The Morgan fingerprint density at radius 1 is 1.37 bits per heavy atom. The second-order valence-electron chi connectivity index (χ2n) is 5.36. The SMILES string of the molecule is CS(=O)(=O)N1CCCC[C@H]1C(=O)NC[C@H]1CCOC1. The van der Waals surface area contributed by atoms with Crippen LogP contribution >= 0.6 is 0 Å². The Labute approximate surface area is 114 Å². The molecule has 7 heteroatoms. The summed E-state index contributed by atoms with van der Waals surface area (Å²) in [5, 5.41) is 2.87. The third kappa shape index (κ3) is 3.90. The maximum atomic E-state index is 12.2. The van der Waals surface area contributed by atoms with E-state index in [4.69, 9.17) is 4.74 Å². The number of sulfonamides is 1. The molecule has 1 N–H and O–H groups in total. The average Bonchev–Trinajstić information content (AvgIpc) is 2.88. The van der Waals surface area contributed by atoms with Gasteiger partial charge in [0.05, 0.1) is 12.9 Å². The van der Waals surface area contributed by atoms with E-state index in [0.29, 0.717) is 32.0 Å². The van der Waals surface area contributed by atoms with Crippen molar-refractivity contribution in [2.75, 3.05) is 32.6 Å². The van der Waals surface area contributed by atoms with Crippen LogP contribution in [0.2, 0.25) is 0 Å². The molecule has 2 saturated heterocycles. The van der Waals surface area contributed by atoms with Gasteiger partial charge >= 0.3 is 0 Å². The first-order valence-electron chi connectivity index (χ1n) is 6.81. The van der Waals surface area contributed by atoms with E-state index in [-0.39, 0.29) is 5.91 Å². The summed E-state index contributed by atoms with van der Waals surface area (Å²) >= 11 is 0. The van der Waals surface area contributed by atoms with Crippen molar-refractivity contribution in [3.8, 4) is 0 Å². The van der Waals surface area contributed by atoms with E-state index in [9.17, 15) is 13.2 Å². The lowest BCUT2D eigenvalue weighted by atomic mass is 10.0. The molecule has 0 spiro atoms. The van der Waals surface area contributed by atoms with E-state index in [1.807, 2.05) is 0 Å². The Morgan fingerprint density at radius 3 is 2.79 bits per heavy atom. The maximum Gasteiger partial charge on any atom is 0.238 e. The number of ether oxygens (including phenoxy) is 1. The van der Waals surface area contributed by atoms with Gasteiger partial charge in [0.1, 0.15) is 6.04 Å². The summed E-state index contributed by atoms with van der Waals surface area (Å²) in [7, 11) is -3.31. The quantitative estimate of drug-likeness (QED) is 0.788. The van der Waals surface area contributed by atoms with Crippen molar-refractivity contribution in [1.82, 2.24) is 9.62 Å². The molecule has 0 saturated carbocycles. The third-order valence-corrected chi connectivity index (χ3v) is 5.06. The highest BCUT2D eigenvalue weighted by molar-refractivity contribution is 7.88. The van der Waals surface area contributed by atoms with Crippen molar-refractivity contribution in [2.45, 2.75) is 31.7 Å². The zero-order valence-electron chi connectivity index (χ0n) is 11.3. The first kappa shape index (κ1) is 14.7. The van der Waals surface area contributed by atoms with E-state index in [1.54, 1.807) is 0 Å². The summed E-state index contributed by atoms with van der Waals surface area (Å²) in [6, 6.07) is -0.536. The topological polar surface area (TPSA) is 75.7 Å². The van der Waals surface area contributed by atoms with Gasteiger partial charge in [-0.25, -0.2) is 8.42 Å².